The van der Waals surface area contributed by atoms with Crippen molar-refractivity contribution in [1.29, 1.82) is 0 Å². The summed E-state index contributed by atoms with van der Waals surface area (Å²) >= 11 is 5.21. The van der Waals surface area contributed by atoms with Gasteiger partial charge in [0.15, 0.2) is 5.96 Å². The third kappa shape index (κ3) is 3.22. The van der Waals surface area contributed by atoms with Gasteiger partial charge >= 0.3 is 0 Å². The molecular weight excluding hydrogens is 286 g/mol. The molecule has 0 bridgehead atoms. The van der Waals surface area contributed by atoms with Crippen LogP contribution in [0.15, 0.2) is 20.9 Å². The number of halogens is 1. The molecule has 0 saturated heterocycles. The van der Waals surface area contributed by atoms with Crippen molar-refractivity contribution in [2.75, 3.05) is 7.05 Å². The molecule has 3 nitrogen and oxygen atoms in total. The molecule has 1 heterocycles. The molecule has 0 spiro atoms. The van der Waals surface area contributed by atoms with E-state index in [0.717, 1.165) is 18.4 Å². The minimum Gasteiger partial charge on any atom is -0.353 e. The van der Waals surface area contributed by atoms with Crippen LogP contribution >= 0.6 is 27.3 Å². The maximum atomic E-state index is 4.21. The molecule has 0 aliphatic heterocycles. The van der Waals surface area contributed by atoms with Crippen LogP contribution in [-0.2, 0) is 6.54 Å². The number of hydrogen-bond donors (Lipinski definition) is 2. The number of guanidine groups is 1. The predicted molar refractivity (Wildman–Crippen MR) is 72.9 cm³/mol. The van der Waals surface area contributed by atoms with Crippen molar-refractivity contribution in [3.8, 4) is 0 Å². The number of thiophene rings is 1. The fraction of sp³-hybridized carbons (Fsp3) is 0.545. The zero-order valence-corrected chi connectivity index (χ0v) is 11.9. The van der Waals surface area contributed by atoms with E-state index in [4.69, 9.17) is 0 Å². The van der Waals surface area contributed by atoms with Crippen LogP contribution < -0.4 is 10.6 Å². The fourth-order valence-corrected chi connectivity index (χ4v) is 2.93. The van der Waals surface area contributed by atoms with Crippen LogP contribution in [0.5, 0.6) is 0 Å². The van der Waals surface area contributed by atoms with Crippen LogP contribution in [0.3, 0.4) is 0 Å². The molecular formula is C11H16BrN3S. The summed E-state index contributed by atoms with van der Waals surface area (Å²) in [6.07, 6.45) is 1.26. The number of nitrogens with one attached hydrogen (secondary N) is 2. The predicted octanol–water partition coefficient (Wildman–Crippen LogP) is 2.58. The van der Waals surface area contributed by atoms with Gasteiger partial charge in [0.1, 0.15) is 0 Å². The van der Waals surface area contributed by atoms with Crippen LogP contribution in [0, 0.1) is 5.92 Å². The Morgan fingerprint density at radius 1 is 1.62 bits per heavy atom. The molecule has 2 atom stereocenters. The van der Waals surface area contributed by atoms with E-state index < -0.39 is 0 Å². The molecule has 1 saturated carbocycles. The zero-order chi connectivity index (χ0) is 11.5. The minimum absolute atomic E-state index is 0.612. The Hall–Kier alpha value is -0.550. The number of hydrogen-bond acceptors (Lipinski definition) is 2. The van der Waals surface area contributed by atoms with E-state index in [2.05, 4.69) is 50.6 Å². The Morgan fingerprint density at radius 3 is 2.88 bits per heavy atom. The molecule has 1 fully saturated rings. The van der Waals surface area contributed by atoms with Crippen molar-refractivity contribution in [2.24, 2.45) is 10.9 Å². The summed E-state index contributed by atoms with van der Waals surface area (Å²) in [5.74, 6) is 1.69. The quantitative estimate of drug-likeness (QED) is 0.665. The van der Waals surface area contributed by atoms with Gasteiger partial charge in [-0.3, -0.25) is 4.99 Å². The second-order valence-corrected chi connectivity index (χ2v) is 6.64. The highest BCUT2D eigenvalue weighted by Gasteiger charge is 2.33. The summed E-state index contributed by atoms with van der Waals surface area (Å²) in [7, 11) is 1.81. The van der Waals surface area contributed by atoms with Crippen molar-refractivity contribution in [3.05, 3.63) is 20.8 Å². The van der Waals surface area contributed by atoms with Gasteiger partial charge in [-0.15, -0.1) is 11.3 Å². The highest BCUT2D eigenvalue weighted by molar-refractivity contribution is 9.11. The van der Waals surface area contributed by atoms with Crippen molar-refractivity contribution < 1.29 is 0 Å². The molecule has 1 aromatic heterocycles. The zero-order valence-electron chi connectivity index (χ0n) is 9.46. The second kappa shape index (κ2) is 5.19. The maximum Gasteiger partial charge on any atom is 0.191 e. The first kappa shape index (κ1) is 11.9. The lowest BCUT2D eigenvalue weighted by Crippen LogP contribution is -2.38. The molecule has 1 aliphatic rings. The SMILES string of the molecule is CN=C(NCc1ccc(Br)s1)NC1CC1C. The summed E-state index contributed by atoms with van der Waals surface area (Å²) in [6, 6.07) is 4.80. The van der Waals surface area contributed by atoms with E-state index in [1.807, 2.05) is 7.05 Å². The maximum absolute atomic E-state index is 4.21. The molecule has 1 aromatic rings. The van der Waals surface area contributed by atoms with Gasteiger partial charge in [0, 0.05) is 18.0 Å². The molecule has 2 rings (SSSR count). The van der Waals surface area contributed by atoms with Crippen LogP contribution in [-0.4, -0.2) is 19.0 Å². The lowest BCUT2D eigenvalue weighted by atomic mass is 10.4. The van der Waals surface area contributed by atoms with Gasteiger partial charge in [-0.2, -0.15) is 0 Å². The Kier molecular flexibility index (Phi) is 3.86. The lowest BCUT2D eigenvalue weighted by molar-refractivity contribution is 0.766. The Morgan fingerprint density at radius 2 is 2.38 bits per heavy atom. The van der Waals surface area contributed by atoms with Crippen LogP contribution in [0.25, 0.3) is 0 Å². The molecule has 1 aliphatic carbocycles. The summed E-state index contributed by atoms with van der Waals surface area (Å²) in [5.41, 5.74) is 0. The van der Waals surface area contributed by atoms with Gasteiger partial charge in [0.25, 0.3) is 0 Å². The normalized spacial score (nSPS) is 24.3. The van der Waals surface area contributed by atoms with E-state index >= 15 is 0 Å². The number of aliphatic imine (C=N–C) groups is 1. The summed E-state index contributed by atoms with van der Waals surface area (Å²) in [6.45, 7) is 3.08. The standard InChI is InChI=1S/C11H16BrN3S/c1-7-5-9(7)15-11(13-2)14-6-8-3-4-10(12)16-8/h3-4,7,9H,5-6H2,1-2H3,(H2,13,14,15). The highest BCUT2D eigenvalue weighted by Crippen LogP contribution is 2.28. The molecule has 16 heavy (non-hydrogen) atoms. The molecule has 5 heteroatoms. The first-order chi connectivity index (χ1) is 7.69. The smallest absolute Gasteiger partial charge is 0.191 e. The van der Waals surface area contributed by atoms with E-state index in [-0.39, 0.29) is 0 Å². The van der Waals surface area contributed by atoms with Crippen molar-refractivity contribution in [2.45, 2.75) is 25.9 Å². The Labute approximate surface area is 108 Å². The highest BCUT2D eigenvalue weighted by atomic mass is 79.9. The summed E-state index contributed by atoms with van der Waals surface area (Å²) in [5, 5.41) is 6.72. The van der Waals surface area contributed by atoms with Crippen molar-refractivity contribution in [1.82, 2.24) is 10.6 Å². The average molecular weight is 302 g/mol. The minimum atomic E-state index is 0.612. The van der Waals surface area contributed by atoms with E-state index in [1.165, 1.54) is 15.1 Å². The molecule has 2 N–H and O–H groups in total. The van der Waals surface area contributed by atoms with Gasteiger partial charge in [-0.05, 0) is 40.4 Å². The molecule has 0 aromatic carbocycles. The summed E-state index contributed by atoms with van der Waals surface area (Å²) in [4.78, 5) is 5.52. The fourth-order valence-electron chi connectivity index (χ4n) is 1.51. The number of nitrogens with zero attached hydrogens (tertiary/aromatic N) is 1. The molecule has 88 valence electrons. The summed E-state index contributed by atoms with van der Waals surface area (Å²) < 4.78 is 1.17. The van der Waals surface area contributed by atoms with Crippen molar-refractivity contribution >= 4 is 33.2 Å². The van der Waals surface area contributed by atoms with Gasteiger partial charge in [0.05, 0.1) is 10.3 Å². The van der Waals surface area contributed by atoms with Crippen molar-refractivity contribution in [3.63, 3.8) is 0 Å². The molecule has 2 unspecified atom stereocenters. The largest absolute Gasteiger partial charge is 0.353 e. The monoisotopic (exact) mass is 301 g/mol. The van der Waals surface area contributed by atoms with Crippen LogP contribution in [0.2, 0.25) is 0 Å². The number of rotatable bonds is 3. The Bertz CT molecular complexity index is 388. The van der Waals surface area contributed by atoms with Gasteiger partial charge in [-0.1, -0.05) is 6.92 Å². The van der Waals surface area contributed by atoms with E-state index in [0.29, 0.717) is 6.04 Å². The first-order valence-corrected chi connectivity index (χ1v) is 7.01. The molecule has 0 radical (unpaired) electrons. The van der Waals surface area contributed by atoms with Gasteiger partial charge in [-0.25, -0.2) is 0 Å². The third-order valence-corrected chi connectivity index (χ3v) is 4.34. The first-order valence-electron chi connectivity index (χ1n) is 5.40. The topological polar surface area (TPSA) is 36.4 Å². The average Bonchev–Trinajstić information content (AvgIpc) is 2.78. The van der Waals surface area contributed by atoms with Crippen LogP contribution in [0.1, 0.15) is 18.2 Å². The van der Waals surface area contributed by atoms with Gasteiger partial charge in [0.2, 0.25) is 0 Å². The van der Waals surface area contributed by atoms with Gasteiger partial charge < -0.3 is 10.6 Å². The van der Waals surface area contributed by atoms with Crippen LogP contribution in [0.4, 0.5) is 0 Å². The second-order valence-electron chi connectivity index (χ2n) is 4.10. The Balaban J connectivity index is 1.79. The van der Waals surface area contributed by atoms with E-state index in [9.17, 15) is 0 Å². The lowest BCUT2D eigenvalue weighted by Gasteiger charge is -2.10. The van der Waals surface area contributed by atoms with E-state index in [1.54, 1.807) is 11.3 Å². The molecule has 0 amide bonds. The third-order valence-electron chi connectivity index (χ3n) is 2.71.